The highest BCUT2D eigenvalue weighted by atomic mass is 16.5. The van der Waals surface area contributed by atoms with Gasteiger partial charge in [0, 0.05) is 19.6 Å². The molecule has 2 heterocycles. The van der Waals surface area contributed by atoms with Gasteiger partial charge in [0.05, 0.1) is 18.5 Å². The quantitative estimate of drug-likeness (QED) is 0.666. The molecular formula is C10H15N3O2. The van der Waals surface area contributed by atoms with Crippen LogP contribution in [0.2, 0.25) is 0 Å². The molecule has 0 spiro atoms. The smallest absolute Gasteiger partial charge is 0.374 e. The lowest BCUT2D eigenvalue weighted by atomic mass is 10.3. The van der Waals surface area contributed by atoms with Crippen molar-refractivity contribution < 1.29 is 9.53 Å². The summed E-state index contributed by atoms with van der Waals surface area (Å²) in [5.41, 5.74) is 1.08. The van der Waals surface area contributed by atoms with Gasteiger partial charge >= 0.3 is 5.97 Å². The lowest BCUT2D eigenvalue weighted by Crippen LogP contribution is -2.31. The maximum atomic E-state index is 11.5. The van der Waals surface area contributed by atoms with Gasteiger partial charge in [0.1, 0.15) is 0 Å². The molecule has 0 bridgehead atoms. The zero-order valence-corrected chi connectivity index (χ0v) is 9.06. The Hall–Kier alpha value is -1.36. The molecule has 1 aliphatic rings. The number of hydrogen-bond acceptors (Lipinski definition) is 4. The average molecular weight is 209 g/mol. The summed E-state index contributed by atoms with van der Waals surface area (Å²) in [4.78, 5) is 17.9. The van der Waals surface area contributed by atoms with Crippen molar-refractivity contribution in [1.82, 2.24) is 14.5 Å². The summed E-state index contributed by atoms with van der Waals surface area (Å²) in [5.74, 6) is 0.105. The van der Waals surface area contributed by atoms with Gasteiger partial charge in [0.25, 0.3) is 0 Å². The van der Waals surface area contributed by atoms with Gasteiger partial charge in [0.15, 0.2) is 0 Å². The zero-order chi connectivity index (χ0) is 10.8. The molecule has 1 aliphatic heterocycles. The van der Waals surface area contributed by atoms with E-state index in [1.165, 1.54) is 0 Å². The molecule has 0 radical (unpaired) electrons. The summed E-state index contributed by atoms with van der Waals surface area (Å²) in [5, 5.41) is 0. The summed E-state index contributed by atoms with van der Waals surface area (Å²) in [6.45, 7) is 4.77. The number of nitrogens with zero attached hydrogens (tertiary/aromatic N) is 3. The second kappa shape index (κ2) is 4.02. The molecule has 0 aromatic carbocycles. The molecule has 5 nitrogen and oxygen atoms in total. The molecule has 5 heteroatoms. The minimum Gasteiger partial charge on any atom is -0.460 e. The number of hydrogen-bond donors (Lipinski definition) is 0. The average Bonchev–Trinajstić information content (AvgIpc) is 2.60. The van der Waals surface area contributed by atoms with E-state index in [1.807, 2.05) is 4.57 Å². The van der Waals surface area contributed by atoms with Crippen LogP contribution in [0.4, 0.5) is 0 Å². The van der Waals surface area contributed by atoms with Crippen LogP contribution >= 0.6 is 0 Å². The van der Waals surface area contributed by atoms with Crippen molar-refractivity contribution in [3.05, 3.63) is 17.7 Å². The van der Waals surface area contributed by atoms with E-state index >= 15 is 0 Å². The Balaban J connectivity index is 2.24. The van der Waals surface area contributed by atoms with Gasteiger partial charge in [-0.1, -0.05) is 0 Å². The van der Waals surface area contributed by atoms with Gasteiger partial charge < -0.3 is 9.30 Å². The van der Waals surface area contributed by atoms with Crippen molar-refractivity contribution in [2.24, 2.45) is 0 Å². The van der Waals surface area contributed by atoms with Crippen LogP contribution in [-0.2, 0) is 17.8 Å². The van der Waals surface area contributed by atoms with E-state index in [9.17, 15) is 4.79 Å². The first-order valence-electron chi connectivity index (χ1n) is 5.12. The Labute approximate surface area is 88.7 Å². The van der Waals surface area contributed by atoms with E-state index in [1.54, 1.807) is 13.1 Å². The summed E-state index contributed by atoms with van der Waals surface area (Å²) in [6, 6.07) is 0. The third-order valence-corrected chi connectivity index (χ3v) is 2.53. The molecule has 2 rings (SSSR count). The molecule has 0 N–H and O–H groups in total. The SMILES string of the molecule is CCOC(=O)c1ncc2n1CCN(C)C2. The van der Waals surface area contributed by atoms with Crippen molar-refractivity contribution >= 4 is 5.97 Å². The van der Waals surface area contributed by atoms with E-state index in [0.717, 1.165) is 25.3 Å². The van der Waals surface area contributed by atoms with Crippen LogP contribution < -0.4 is 0 Å². The number of likely N-dealkylation sites (N-methyl/N-ethyl adjacent to an activating group) is 1. The maximum absolute atomic E-state index is 11.5. The van der Waals surface area contributed by atoms with Crippen molar-refractivity contribution in [3.8, 4) is 0 Å². The molecule has 1 aromatic heterocycles. The first kappa shape index (κ1) is 10.2. The highest BCUT2D eigenvalue weighted by Crippen LogP contribution is 2.13. The highest BCUT2D eigenvalue weighted by Gasteiger charge is 2.21. The second-order valence-electron chi connectivity index (χ2n) is 3.68. The van der Waals surface area contributed by atoms with E-state index in [4.69, 9.17) is 4.74 Å². The fourth-order valence-electron chi connectivity index (χ4n) is 1.77. The number of fused-ring (bicyclic) bond motifs is 1. The Bertz CT molecular complexity index is 373. The van der Waals surface area contributed by atoms with Gasteiger partial charge in [-0.3, -0.25) is 4.90 Å². The van der Waals surface area contributed by atoms with Crippen molar-refractivity contribution in [2.45, 2.75) is 20.0 Å². The number of carbonyl (C=O) groups excluding carboxylic acids is 1. The van der Waals surface area contributed by atoms with Crippen LogP contribution in [0, 0.1) is 0 Å². The lowest BCUT2D eigenvalue weighted by molar-refractivity contribution is 0.0503. The van der Waals surface area contributed by atoms with Crippen LogP contribution in [0.3, 0.4) is 0 Å². The van der Waals surface area contributed by atoms with Crippen LogP contribution in [0.25, 0.3) is 0 Å². The molecule has 0 amide bonds. The van der Waals surface area contributed by atoms with Crippen molar-refractivity contribution in [3.63, 3.8) is 0 Å². The number of esters is 1. The number of aromatic nitrogens is 2. The van der Waals surface area contributed by atoms with Crippen LogP contribution in [0.1, 0.15) is 23.2 Å². The Kier molecular flexibility index (Phi) is 2.73. The molecule has 0 saturated heterocycles. The largest absolute Gasteiger partial charge is 0.460 e. The van der Waals surface area contributed by atoms with Crippen LogP contribution in [0.5, 0.6) is 0 Å². The molecule has 0 aliphatic carbocycles. The van der Waals surface area contributed by atoms with Gasteiger partial charge in [-0.15, -0.1) is 0 Å². The summed E-state index contributed by atoms with van der Waals surface area (Å²) < 4.78 is 6.89. The third-order valence-electron chi connectivity index (χ3n) is 2.53. The van der Waals surface area contributed by atoms with Gasteiger partial charge in [-0.05, 0) is 14.0 Å². The van der Waals surface area contributed by atoms with Crippen molar-refractivity contribution in [1.29, 1.82) is 0 Å². The number of carbonyl (C=O) groups is 1. The van der Waals surface area contributed by atoms with E-state index in [0.29, 0.717) is 12.4 Å². The maximum Gasteiger partial charge on any atom is 0.374 e. The van der Waals surface area contributed by atoms with Crippen LogP contribution in [0.15, 0.2) is 6.20 Å². The molecule has 0 fully saturated rings. The summed E-state index contributed by atoms with van der Waals surface area (Å²) >= 11 is 0. The number of rotatable bonds is 2. The van der Waals surface area contributed by atoms with E-state index in [-0.39, 0.29) is 5.97 Å². The monoisotopic (exact) mass is 209 g/mol. The predicted molar refractivity (Wildman–Crippen MR) is 54.5 cm³/mol. The minimum atomic E-state index is -0.326. The molecule has 15 heavy (non-hydrogen) atoms. The van der Waals surface area contributed by atoms with Crippen LogP contribution in [-0.4, -0.2) is 40.6 Å². The van der Waals surface area contributed by atoms with Gasteiger partial charge in [0.2, 0.25) is 5.82 Å². The predicted octanol–water partition coefficient (Wildman–Crippen LogP) is 0.505. The number of imidazole rings is 1. The molecule has 0 unspecified atom stereocenters. The molecule has 82 valence electrons. The molecule has 1 aromatic rings. The Morgan fingerprint density at radius 3 is 3.13 bits per heavy atom. The first-order chi connectivity index (χ1) is 7.22. The van der Waals surface area contributed by atoms with E-state index < -0.39 is 0 Å². The molecule has 0 atom stereocenters. The molecule has 0 saturated carbocycles. The second-order valence-corrected chi connectivity index (χ2v) is 3.68. The van der Waals surface area contributed by atoms with E-state index in [2.05, 4.69) is 16.9 Å². The highest BCUT2D eigenvalue weighted by molar-refractivity contribution is 5.85. The molecular weight excluding hydrogens is 194 g/mol. The lowest BCUT2D eigenvalue weighted by Gasteiger charge is -2.24. The topological polar surface area (TPSA) is 47.4 Å². The third kappa shape index (κ3) is 1.87. The minimum absolute atomic E-state index is 0.326. The fraction of sp³-hybridized carbons (Fsp3) is 0.600. The Morgan fingerprint density at radius 2 is 2.40 bits per heavy atom. The fourth-order valence-corrected chi connectivity index (χ4v) is 1.77. The van der Waals surface area contributed by atoms with Gasteiger partial charge in [-0.2, -0.15) is 0 Å². The first-order valence-corrected chi connectivity index (χ1v) is 5.12. The standard InChI is InChI=1S/C10H15N3O2/c1-3-15-10(14)9-11-6-8-7-12(2)4-5-13(8)9/h6H,3-5,7H2,1-2H3. The Morgan fingerprint density at radius 1 is 1.60 bits per heavy atom. The summed E-state index contributed by atoms with van der Waals surface area (Å²) in [7, 11) is 2.06. The number of ether oxygens (including phenoxy) is 1. The zero-order valence-electron chi connectivity index (χ0n) is 9.06. The normalized spacial score (nSPS) is 16.1. The summed E-state index contributed by atoms with van der Waals surface area (Å²) in [6.07, 6.45) is 1.75. The van der Waals surface area contributed by atoms with Crippen molar-refractivity contribution in [2.75, 3.05) is 20.2 Å². The van der Waals surface area contributed by atoms with Gasteiger partial charge in [-0.25, -0.2) is 9.78 Å².